The number of carbonyl (C=O) groups is 3. The highest BCUT2D eigenvalue weighted by Gasteiger charge is 2.23. The van der Waals surface area contributed by atoms with Crippen LogP contribution in [-0.4, -0.2) is 22.8 Å². The Balaban J connectivity index is 3.53. The number of aromatic nitrogens is 1. The van der Waals surface area contributed by atoms with Gasteiger partial charge >= 0.3 is 5.97 Å². The molecule has 1 aromatic rings. The molecule has 98 valence electrons. The van der Waals surface area contributed by atoms with Crippen LogP contribution in [0.2, 0.25) is 0 Å². The van der Waals surface area contributed by atoms with Crippen molar-refractivity contribution in [2.45, 2.75) is 40.5 Å². The Morgan fingerprint density at radius 2 is 1.94 bits per heavy atom. The summed E-state index contributed by atoms with van der Waals surface area (Å²) >= 11 is 0. The highest BCUT2D eigenvalue weighted by Crippen LogP contribution is 2.22. The minimum Gasteiger partial charge on any atom is -0.336 e. The minimum absolute atomic E-state index is 0.237. The third-order valence-corrected chi connectivity index (χ3v) is 2.68. The van der Waals surface area contributed by atoms with Gasteiger partial charge < -0.3 is 4.84 Å². The first-order chi connectivity index (χ1) is 8.43. The number of hydrogen-bond donors (Lipinski definition) is 0. The third kappa shape index (κ3) is 2.50. The van der Waals surface area contributed by atoms with Crippen LogP contribution in [-0.2, 0) is 11.2 Å². The fourth-order valence-corrected chi connectivity index (χ4v) is 2.01. The van der Waals surface area contributed by atoms with Crippen LogP contribution in [0.4, 0.5) is 0 Å². The Morgan fingerprint density at radius 3 is 2.33 bits per heavy atom. The average Bonchev–Trinajstić information content (AvgIpc) is 2.51. The topological polar surface area (TPSA) is 65.4 Å². The maximum absolute atomic E-state index is 11.6. The van der Waals surface area contributed by atoms with E-state index in [1.54, 1.807) is 6.92 Å². The van der Waals surface area contributed by atoms with E-state index in [4.69, 9.17) is 4.84 Å². The minimum atomic E-state index is -0.526. The van der Waals surface area contributed by atoms with Crippen molar-refractivity contribution in [2.75, 3.05) is 0 Å². The molecular formula is C13H17NO4. The van der Waals surface area contributed by atoms with Crippen molar-refractivity contribution in [3.05, 3.63) is 22.5 Å². The van der Waals surface area contributed by atoms with Crippen molar-refractivity contribution in [2.24, 2.45) is 0 Å². The molecule has 1 rings (SSSR count). The van der Waals surface area contributed by atoms with Gasteiger partial charge in [-0.25, -0.2) is 4.79 Å². The molecule has 0 unspecified atom stereocenters. The lowest BCUT2D eigenvalue weighted by atomic mass is 10.1. The number of hydrogen-bond acceptors (Lipinski definition) is 4. The normalized spacial score (nSPS) is 10.2. The van der Waals surface area contributed by atoms with Crippen LogP contribution in [0, 0.1) is 6.92 Å². The van der Waals surface area contributed by atoms with Gasteiger partial charge in [0.15, 0.2) is 12.1 Å². The third-order valence-electron chi connectivity index (χ3n) is 2.68. The number of carbonyl (C=O) groups excluding carboxylic acids is 3. The van der Waals surface area contributed by atoms with E-state index in [9.17, 15) is 14.4 Å². The van der Waals surface area contributed by atoms with E-state index in [0.29, 0.717) is 29.5 Å². The summed E-state index contributed by atoms with van der Waals surface area (Å²) in [4.78, 5) is 38.9. The van der Waals surface area contributed by atoms with Crippen LogP contribution in [0.15, 0.2) is 0 Å². The van der Waals surface area contributed by atoms with Gasteiger partial charge in [0.05, 0.1) is 5.69 Å². The Labute approximate surface area is 106 Å². The zero-order valence-electron chi connectivity index (χ0n) is 11.1. The summed E-state index contributed by atoms with van der Waals surface area (Å²) < 4.78 is 1.20. The van der Waals surface area contributed by atoms with E-state index in [0.717, 1.165) is 6.42 Å². The monoisotopic (exact) mass is 251 g/mol. The lowest BCUT2D eigenvalue weighted by Gasteiger charge is -2.10. The van der Waals surface area contributed by atoms with E-state index < -0.39 is 5.97 Å². The molecule has 0 aliphatic heterocycles. The van der Waals surface area contributed by atoms with Crippen LogP contribution >= 0.6 is 0 Å². The van der Waals surface area contributed by atoms with E-state index in [-0.39, 0.29) is 11.5 Å². The maximum Gasteiger partial charge on any atom is 0.329 e. The quantitative estimate of drug-likeness (QED) is 0.590. The first-order valence-electron chi connectivity index (χ1n) is 5.83. The fraction of sp³-hybridized carbons (Fsp3) is 0.462. The molecule has 0 spiro atoms. The molecule has 1 aromatic heterocycles. The van der Waals surface area contributed by atoms with Gasteiger partial charge in [-0.2, -0.15) is 4.73 Å². The molecule has 0 amide bonds. The zero-order chi connectivity index (χ0) is 13.9. The van der Waals surface area contributed by atoms with Crippen molar-refractivity contribution in [3.8, 4) is 0 Å². The van der Waals surface area contributed by atoms with E-state index in [1.165, 1.54) is 18.6 Å². The van der Waals surface area contributed by atoms with Gasteiger partial charge in [0, 0.05) is 19.4 Å². The van der Waals surface area contributed by atoms with E-state index in [2.05, 4.69) is 0 Å². The largest absolute Gasteiger partial charge is 0.336 e. The van der Waals surface area contributed by atoms with Gasteiger partial charge in [-0.05, 0) is 18.9 Å². The van der Waals surface area contributed by atoms with Crippen molar-refractivity contribution >= 4 is 18.0 Å². The van der Waals surface area contributed by atoms with Gasteiger partial charge in [0.1, 0.15) is 5.69 Å². The number of ketones is 1. The van der Waals surface area contributed by atoms with Gasteiger partial charge in [-0.3, -0.25) is 9.59 Å². The van der Waals surface area contributed by atoms with Crippen LogP contribution in [0.3, 0.4) is 0 Å². The molecule has 0 aliphatic rings. The molecule has 0 bridgehead atoms. The second-order valence-corrected chi connectivity index (χ2v) is 4.14. The SMILES string of the molecule is CCCc1c(C=O)c(C)c(C(C)=O)n1OC(C)=O. The summed E-state index contributed by atoms with van der Waals surface area (Å²) in [5.41, 5.74) is 1.83. The lowest BCUT2D eigenvalue weighted by Crippen LogP contribution is -2.23. The summed E-state index contributed by atoms with van der Waals surface area (Å²) in [6.07, 6.45) is 2.05. The van der Waals surface area contributed by atoms with Crippen LogP contribution in [0.1, 0.15) is 59.3 Å². The van der Waals surface area contributed by atoms with E-state index in [1.807, 2.05) is 6.92 Å². The van der Waals surface area contributed by atoms with Crippen LogP contribution in [0.5, 0.6) is 0 Å². The molecule has 5 heteroatoms. The first-order valence-corrected chi connectivity index (χ1v) is 5.83. The standard InChI is InChI=1S/C13H17NO4/c1-5-6-12-11(7-15)8(2)13(9(3)16)14(12)18-10(4)17/h7H,5-6H2,1-4H3. The second kappa shape index (κ2) is 5.62. The second-order valence-electron chi connectivity index (χ2n) is 4.14. The predicted molar refractivity (Wildman–Crippen MR) is 65.8 cm³/mol. The highest BCUT2D eigenvalue weighted by atomic mass is 16.7. The van der Waals surface area contributed by atoms with E-state index >= 15 is 0 Å². The molecule has 0 atom stereocenters. The Morgan fingerprint density at radius 1 is 1.33 bits per heavy atom. The van der Waals surface area contributed by atoms with Crippen LogP contribution in [0.25, 0.3) is 0 Å². The van der Waals surface area contributed by atoms with Crippen molar-refractivity contribution in [1.82, 2.24) is 4.73 Å². The van der Waals surface area contributed by atoms with Crippen molar-refractivity contribution in [1.29, 1.82) is 0 Å². The average molecular weight is 251 g/mol. The maximum atomic E-state index is 11.6. The van der Waals surface area contributed by atoms with Crippen LogP contribution < -0.4 is 4.84 Å². The number of Topliss-reactive ketones (excluding diaryl/α,β-unsaturated/α-hetero) is 1. The molecule has 0 saturated heterocycles. The Hall–Kier alpha value is -1.91. The van der Waals surface area contributed by atoms with Gasteiger partial charge in [-0.15, -0.1) is 0 Å². The molecule has 5 nitrogen and oxygen atoms in total. The van der Waals surface area contributed by atoms with Gasteiger partial charge in [-0.1, -0.05) is 13.3 Å². The molecule has 0 aromatic carbocycles. The summed E-state index contributed by atoms with van der Waals surface area (Å²) in [5, 5.41) is 0. The summed E-state index contributed by atoms with van der Waals surface area (Å²) in [7, 11) is 0. The zero-order valence-corrected chi connectivity index (χ0v) is 11.1. The summed E-state index contributed by atoms with van der Waals surface area (Å²) in [6.45, 7) is 6.27. The molecular weight excluding hydrogens is 234 g/mol. The first kappa shape index (κ1) is 14.2. The molecule has 1 heterocycles. The van der Waals surface area contributed by atoms with Gasteiger partial charge in [0.25, 0.3) is 0 Å². The molecule has 0 aliphatic carbocycles. The number of aldehydes is 1. The predicted octanol–water partition coefficient (Wildman–Crippen LogP) is 1.74. The number of nitrogens with zero attached hydrogens (tertiary/aromatic N) is 1. The Bertz CT molecular complexity index is 500. The highest BCUT2D eigenvalue weighted by molar-refractivity contribution is 5.97. The lowest BCUT2D eigenvalue weighted by molar-refractivity contribution is -0.141. The summed E-state index contributed by atoms with van der Waals surface area (Å²) in [6, 6.07) is 0. The fourth-order valence-electron chi connectivity index (χ4n) is 2.01. The van der Waals surface area contributed by atoms with Crippen molar-refractivity contribution < 1.29 is 19.2 Å². The smallest absolute Gasteiger partial charge is 0.329 e. The molecule has 0 fully saturated rings. The summed E-state index contributed by atoms with van der Waals surface area (Å²) in [5.74, 6) is -0.762. The molecule has 0 radical (unpaired) electrons. The molecule has 0 saturated carbocycles. The number of rotatable bonds is 5. The van der Waals surface area contributed by atoms with Gasteiger partial charge in [0.2, 0.25) is 0 Å². The Kier molecular flexibility index (Phi) is 4.42. The van der Waals surface area contributed by atoms with Crippen molar-refractivity contribution in [3.63, 3.8) is 0 Å². The molecule has 18 heavy (non-hydrogen) atoms. The molecule has 0 N–H and O–H groups in total.